The third-order valence-electron chi connectivity index (χ3n) is 5.02. The van der Waals surface area contributed by atoms with Gasteiger partial charge in [0.05, 0.1) is 5.69 Å². The highest BCUT2D eigenvalue weighted by Gasteiger charge is 2.13. The van der Waals surface area contributed by atoms with Crippen molar-refractivity contribution in [2.24, 2.45) is 16.1 Å². The number of pyridine rings is 1. The summed E-state index contributed by atoms with van der Waals surface area (Å²) >= 11 is 0. The highest BCUT2D eigenvalue weighted by molar-refractivity contribution is 6.11. The van der Waals surface area contributed by atoms with Crippen molar-refractivity contribution in [3.05, 3.63) is 77.1 Å². The molecule has 2 N–H and O–H groups in total. The van der Waals surface area contributed by atoms with Gasteiger partial charge in [-0.3, -0.25) is 4.99 Å². The summed E-state index contributed by atoms with van der Waals surface area (Å²) in [6, 6.07) is 12.0. The summed E-state index contributed by atoms with van der Waals surface area (Å²) in [6.07, 6.45) is 13.7. The number of aromatic nitrogens is 1. The Morgan fingerprint density at radius 2 is 1.97 bits per heavy atom. The lowest BCUT2D eigenvalue weighted by Crippen LogP contribution is -2.06. The smallest absolute Gasteiger partial charge is 0.141 e. The van der Waals surface area contributed by atoms with Crippen molar-refractivity contribution < 1.29 is 0 Å². The molecule has 4 heteroatoms. The van der Waals surface area contributed by atoms with Gasteiger partial charge in [0.1, 0.15) is 11.8 Å². The van der Waals surface area contributed by atoms with E-state index >= 15 is 0 Å². The number of aliphatic imine (C=N–C) groups is 1. The predicted octanol–water partition coefficient (Wildman–Crippen LogP) is 6.71. The van der Waals surface area contributed by atoms with Crippen LogP contribution in [-0.4, -0.2) is 17.7 Å². The largest absolute Gasteiger partial charge is 0.404 e. The molecule has 0 aliphatic carbocycles. The maximum atomic E-state index is 9.39. The highest BCUT2D eigenvalue weighted by atomic mass is 14.7. The molecular weight excluding hydrogens is 392 g/mol. The number of hydrogen-bond donors (Lipinski definition) is 1. The second-order valence-electron chi connectivity index (χ2n) is 8.94. The Hall–Kier alpha value is -3.45. The molecule has 1 aromatic heterocycles. The molecule has 0 spiro atoms. The second-order valence-corrected chi connectivity index (χ2v) is 8.94. The van der Waals surface area contributed by atoms with Gasteiger partial charge in [-0.15, -0.1) is 0 Å². The summed E-state index contributed by atoms with van der Waals surface area (Å²) < 4.78 is 0. The maximum Gasteiger partial charge on any atom is 0.141 e. The minimum atomic E-state index is 0.227. The monoisotopic (exact) mass is 426 g/mol. The molecule has 1 heterocycles. The molecule has 2 aromatic rings. The van der Waals surface area contributed by atoms with Crippen molar-refractivity contribution in [2.45, 2.75) is 47.5 Å². The molecule has 0 amide bonds. The Kier molecular flexibility index (Phi) is 9.16. The van der Waals surface area contributed by atoms with Crippen LogP contribution in [0.25, 0.3) is 22.9 Å². The Bertz CT molecular complexity index is 1070. The molecule has 0 saturated heterocycles. The van der Waals surface area contributed by atoms with Crippen LogP contribution in [0.4, 0.5) is 0 Å². The van der Waals surface area contributed by atoms with Crippen molar-refractivity contribution in [1.82, 2.24) is 4.98 Å². The molecule has 0 atom stereocenters. The SMILES string of the molecule is CC/C=C/C=C\c1ccc(-c2nc(C#N)ccc2/C(C=NCCC(C)(C)C)=C/N)cc1C. The molecular formula is C28H34N4. The van der Waals surface area contributed by atoms with E-state index in [1.807, 2.05) is 18.3 Å². The summed E-state index contributed by atoms with van der Waals surface area (Å²) in [7, 11) is 0. The summed E-state index contributed by atoms with van der Waals surface area (Å²) in [5, 5.41) is 9.39. The molecule has 1 aromatic carbocycles. The van der Waals surface area contributed by atoms with E-state index in [2.05, 4.69) is 87.1 Å². The Balaban J connectivity index is 2.42. The molecule has 0 aliphatic heterocycles. The summed E-state index contributed by atoms with van der Waals surface area (Å²) in [4.78, 5) is 9.19. The number of rotatable bonds is 8. The van der Waals surface area contributed by atoms with Crippen molar-refractivity contribution in [3.63, 3.8) is 0 Å². The first kappa shape index (κ1) is 24.8. The van der Waals surface area contributed by atoms with Crippen LogP contribution in [-0.2, 0) is 0 Å². The van der Waals surface area contributed by atoms with E-state index in [0.717, 1.165) is 52.9 Å². The molecule has 4 nitrogen and oxygen atoms in total. The van der Waals surface area contributed by atoms with Crippen molar-refractivity contribution in [3.8, 4) is 17.3 Å². The van der Waals surface area contributed by atoms with Crippen LogP contribution < -0.4 is 5.73 Å². The molecule has 166 valence electrons. The van der Waals surface area contributed by atoms with Gasteiger partial charge < -0.3 is 5.73 Å². The summed E-state index contributed by atoms with van der Waals surface area (Å²) in [6.45, 7) is 11.5. The van der Waals surface area contributed by atoms with Gasteiger partial charge in [-0.1, -0.05) is 64.1 Å². The average Bonchev–Trinajstić information content (AvgIpc) is 2.76. The van der Waals surface area contributed by atoms with E-state index < -0.39 is 0 Å². The minimum absolute atomic E-state index is 0.227. The normalized spacial score (nSPS) is 12.8. The van der Waals surface area contributed by atoms with Crippen LogP contribution in [0.3, 0.4) is 0 Å². The standard InChI is InChI=1S/C28H34N4/c1-6-7-8-9-10-22-11-12-23(17-21(22)2)27-26(14-13-25(19-30)32-27)24(18-29)20-31-16-15-28(3,4)5/h7-14,17-18,20H,6,15-16,29H2,1-5H3/b8-7+,10-9-,24-18+,31-20?. The number of allylic oxidation sites excluding steroid dienone is 4. The first-order valence-electron chi connectivity index (χ1n) is 11.1. The van der Waals surface area contributed by atoms with E-state index in [-0.39, 0.29) is 5.41 Å². The molecule has 0 aliphatic rings. The van der Waals surface area contributed by atoms with E-state index in [0.29, 0.717) is 5.69 Å². The van der Waals surface area contributed by atoms with E-state index in [9.17, 15) is 5.26 Å². The van der Waals surface area contributed by atoms with Gasteiger partial charge >= 0.3 is 0 Å². The molecule has 0 radical (unpaired) electrons. The number of benzene rings is 1. The Labute approximate surface area is 192 Å². The van der Waals surface area contributed by atoms with Gasteiger partial charge in [0.2, 0.25) is 0 Å². The lowest BCUT2D eigenvalue weighted by atomic mass is 9.92. The van der Waals surface area contributed by atoms with Crippen molar-refractivity contribution in [1.29, 1.82) is 5.26 Å². The fraction of sp³-hybridized carbons (Fsp3) is 0.321. The lowest BCUT2D eigenvalue weighted by Gasteiger charge is -2.16. The molecule has 2 rings (SSSR count). The predicted molar refractivity (Wildman–Crippen MR) is 137 cm³/mol. The molecule has 0 fully saturated rings. The van der Waals surface area contributed by atoms with Crippen LogP contribution in [0.2, 0.25) is 0 Å². The van der Waals surface area contributed by atoms with Crippen molar-refractivity contribution >= 4 is 17.9 Å². The van der Waals surface area contributed by atoms with E-state index in [4.69, 9.17) is 5.73 Å². The first-order chi connectivity index (χ1) is 15.3. The van der Waals surface area contributed by atoms with Crippen LogP contribution in [0.5, 0.6) is 0 Å². The van der Waals surface area contributed by atoms with Gasteiger partial charge in [-0.25, -0.2) is 4.98 Å². The number of aryl methyl sites for hydroxylation is 1. The Morgan fingerprint density at radius 1 is 1.19 bits per heavy atom. The van der Waals surface area contributed by atoms with E-state index in [1.165, 1.54) is 0 Å². The van der Waals surface area contributed by atoms with Gasteiger partial charge in [0, 0.05) is 35.7 Å². The fourth-order valence-corrected chi connectivity index (χ4v) is 3.12. The number of nitriles is 1. The summed E-state index contributed by atoms with van der Waals surface area (Å²) in [5.41, 5.74) is 12.2. The van der Waals surface area contributed by atoms with Gasteiger partial charge in [0.15, 0.2) is 0 Å². The fourth-order valence-electron chi connectivity index (χ4n) is 3.12. The number of hydrogen-bond acceptors (Lipinski definition) is 4. The lowest BCUT2D eigenvalue weighted by molar-refractivity contribution is 0.385. The van der Waals surface area contributed by atoms with E-state index in [1.54, 1.807) is 12.3 Å². The van der Waals surface area contributed by atoms with Crippen LogP contribution in [0.1, 0.15) is 62.9 Å². The number of nitrogens with two attached hydrogens (primary N) is 1. The van der Waals surface area contributed by atoms with Crippen molar-refractivity contribution in [2.75, 3.05) is 6.54 Å². The topological polar surface area (TPSA) is 75.1 Å². The average molecular weight is 427 g/mol. The zero-order valence-corrected chi connectivity index (χ0v) is 19.9. The highest BCUT2D eigenvalue weighted by Crippen LogP contribution is 2.29. The van der Waals surface area contributed by atoms with Gasteiger partial charge in [0.25, 0.3) is 0 Å². The minimum Gasteiger partial charge on any atom is -0.404 e. The second kappa shape index (κ2) is 11.8. The van der Waals surface area contributed by atoms with Gasteiger partial charge in [-0.2, -0.15) is 5.26 Å². The quantitative estimate of drug-likeness (QED) is 0.376. The zero-order chi connectivity index (χ0) is 23.6. The maximum absolute atomic E-state index is 9.39. The Morgan fingerprint density at radius 3 is 2.59 bits per heavy atom. The first-order valence-corrected chi connectivity index (χ1v) is 11.1. The van der Waals surface area contributed by atoms with Crippen LogP contribution in [0, 0.1) is 23.7 Å². The third-order valence-corrected chi connectivity index (χ3v) is 5.02. The van der Waals surface area contributed by atoms with Crippen LogP contribution in [0.15, 0.2) is 59.8 Å². The third kappa shape index (κ3) is 7.35. The molecule has 32 heavy (non-hydrogen) atoms. The number of nitrogens with zero attached hydrogens (tertiary/aromatic N) is 3. The van der Waals surface area contributed by atoms with Crippen LogP contribution >= 0.6 is 0 Å². The molecule has 0 bridgehead atoms. The zero-order valence-electron chi connectivity index (χ0n) is 19.9. The molecule has 0 saturated carbocycles. The summed E-state index contributed by atoms with van der Waals surface area (Å²) in [5.74, 6) is 0. The van der Waals surface area contributed by atoms with Gasteiger partial charge in [-0.05, 0) is 54.5 Å². The molecule has 0 unspecified atom stereocenters.